The molecule has 0 unspecified atom stereocenters. The molecule has 4 nitrogen and oxygen atoms in total. The van der Waals surface area contributed by atoms with Gasteiger partial charge in [0.25, 0.3) is 0 Å². The van der Waals surface area contributed by atoms with Crippen LogP contribution in [-0.4, -0.2) is 20.7 Å². The molecule has 18 heavy (non-hydrogen) atoms. The number of hydrogen-bond donors (Lipinski definition) is 1. The van der Waals surface area contributed by atoms with Gasteiger partial charge in [0.1, 0.15) is 10.7 Å². The molecule has 0 amide bonds. The second kappa shape index (κ2) is 5.77. The van der Waals surface area contributed by atoms with E-state index in [1.165, 1.54) is 0 Å². The molecule has 0 aliphatic carbocycles. The first-order chi connectivity index (χ1) is 8.33. The van der Waals surface area contributed by atoms with Crippen LogP contribution in [0.15, 0.2) is 17.0 Å². The van der Waals surface area contributed by atoms with Gasteiger partial charge in [-0.15, -0.1) is 0 Å². The van der Waals surface area contributed by atoms with E-state index in [0.29, 0.717) is 0 Å². The summed E-state index contributed by atoms with van der Waals surface area (Å²) in [5.41, 5.74) is -0.265. The third kappa shape index (κ3) is 3.07. The fourth-order valence-corrected chi connectivity index (χ4v) is 2.99. The van der Waals surface area contributed by atoms with Crippen molar-refractivity contribution in [1.82, 2.24) is 4.72 Å². The first-order valence-electron chi connectivity index (χ1n) is 5.35. The van der Waals surface area contributed by atoms with Crippen molar-refractivity contribution in [3.63, 3.8) is 0 Å². The zero-order chi connectivity index (χ0) is 13.9. The van der Waals surface area contributed by atoms with Gasteiger partial charge in [-0.05, 0) is 12.1 Å². The fraction of sp³-hybridized carbons (Fsp3) is 0.364. The van der Waals surface area contributed by atoms with Gasteiger partial charge < -0.3 is 0 Å². The Bertz CT molecular complexity index is 572. The van der Waals surface area contributed by atoms with Crippen LogP contribution >= 0.6 is 11.6 Å². The maximum absolute atomic E-state index is 13.5. The predicted octanol–water partition coefficient (Wildman–Crippen LogP) is 2.37. The van der Waals surface area contributed by atoms with E-state index in [0.717, 1.165) is 12.1 Å². The lowest BCUT2D eigenvalue weighted by molar-refractivity contribution is 0.0984. The highest BCUT2D eigenvalue weighted by Gasteiger charge is 2.21. The maximum atomic E-state index is 13.5. The Balaban J connectivity index is 3.43. The minimum Gasteiger partial charge on any atom is -0.294 e. The molecule has 100 valence electrons. The molecule has 1 aromatic carbocycles. The van der Waals surface area contributed by atoms with Crippen LogP contribution in [0.3, 0.4) is 0 Å². The van der Waals surface area contributed by atoms with E-state index in [1.807, 2.05) is 0 Å². The molecular formula is C11H13ClFNO3S. The number of rotatable bonds is 5. The largest absolute Gasteiger partial charge is 0.294 e. The van der Waals surface area contributed by atoms with Crippen LogP contribution in [0.4, 0.5) is 4.39 Å². The van der Waals surface area contributed by atoms with E-state index in [2.05, 4.69) is 4.72 Å². The van der Waals surface area contributed by atoms with E-state index < -0.39 is 21.6 Å². The molecule has 1 rings (SSSR count). The number of hydrogen-bond acceptors (Lipinski definition) is 3. The van der Waals surface area contributed by atoms with Gasteiger partial charge in [0.15, 0.2) is 5.78 Å². The van der Waals surface area contributed by atoms with E-state index in [1.54, 1.807) is 13.8 Å². The first kappa shape index (κ1) is 15.1. The van der Waals surface area contributed by atoms with Crippen LogP contribution in [-0.2, 0) is 10.0 Å². The first-order valence-corrected chi connectivity index (χ1v) is 7.21. The molecule has 0 aromatic heterocycles. The summed E-state index contributed by atoms with van der Waals surface area (Å²) in [6, 6.07) is 1.82. The van der Waals surface area contributed by atoms with Gasteiger partial charge in [-0.2, -0.15) is 0 Å². The molecule has 0 fully saturated rings. The van der Waals surface area contributed by atoms with Crippen molar-refractivity contribution in [3.8, 4) is 0 Å². The molecule has 1 aromatic rings. The third-order valence-corrected chi connectivity index (χ3v) is 4.28. The summed E-state index contributed by atoms with van der Waals surface area (Å²) in [4.78, 5) is 11.2. The quantitative estimate of drug-likeness (QED) is 0.848. The number of sulfonamides is 1. The normalized spacial score (nSPS) is 11.6. The van der Waals surface area contributed by atoms with Gasteiger partial charge in [0.2, 0.25) is 10.0 Å². The van der Waals surface area contributed by atoms with E-state index in [9.17, 15) is 17.6 Å². The van der Waals surface area contributed by atoms with Gasteiger partial charge in [0, 0.05) is 13.0 Å². The Kier molecular flexibility index (Phi) is 4.84. The highest BCUT2D eigenvalue weighted by Crippen LogP contribution is 2.25. The topological polar surface area (TPSA) is 63.2 Å². The molecule has 1 N–H and O–H groups in total. The highest BCUT2D eigenvalue weighted by atomic mass is 35.5. The molecule has 7 heteroatoms. The van der Waals surface area contributed by atoms with Gasteiger partial charge >= 0.3 is 0 Å². The zero-order valence-corrected chi connectivity index (χ0v) is 11.5. The number of halogens is 2. The highest BCUT2D eigenvalue weighted by molar-refractivity contribution is 7.89. The zero-order valence-electron chi connectivity index (χ0n) is 9.96. The summed E-state index contributed by atoms with van der Waals surface area (Å²) >= 11 is 5.70. The van der Waals surface area contributed by atoms with Gasteiger partial charge in [-0.3, -0.25) is 4.79 Å². The van der Waals surface area contributed by atoms with Crippen LogP contribution in [0, 0.1) is 5.82 Å². The summed E-state index contributed by atoms with van der Waals surface area (Å²) in [6.45, 7) is 3.34. The summed E-state index contributed by atoms with van der Waals surface area (Å²) < 4.78 is 39.4. The van der Waals surface area contributed by atoms with Crippen molar-refractivity contribution in [3.05, 3.63) is 28.5 Å². The number of carbonyl (C=O) groups is 1. The summed E-state index contributed by atoms with van der Waals surface area (Å²) in [7, 11) is -3.82. The van der Waals surface area contributed by atoms with Gasteiger partial charge in [0.05, 0.1) is 10.6 Å². The third-order valence-electron chi connectivity index (χ3n) is 2.27. The van der Waals surface area contributed by atoms with Crippen LogP contribution in [0.25, 0.3) is 0 Å². The molecule has 0 bridgehead atoms. The number of carbonyl (C=O) groups excluding carboxylic acids is 1. The fourth-order valence-electron chi connectivity index (χ4n) is 1.41. The minimum atomic E-state index is -3.82. The molecule has 0 saturated carbocycles. The van der Waals surface area contributed by atoms with Crippen LogP contribution < -0.4 is 4.72 Å². The average molecular weight is 294 g/mol. The average Bonchev–Trinajstić information content (AvgIpc) is 2.27. The lowest BCUT2D eigenvalue weighted by Gasteiger charge is -2.09. The Morgan fingerprint density at radius 2 is 2.00 bits per heavy atom. The van der Waals surface area contributed by atoms with Crippen molar-refractivity contribution in [2.45, 2.75) is 25.2 Å². The van der Waals surface area contributed by atoms with Crippen LogP contribution in [0.2, 0.25) is 5.02 Å². The lowest BCUT2D eigenvalue weighted by atomic mass is 10.1. The second-order valence-electron chi connectivity index (χ2n) is 3.54. The van der Waals surface area contributed by atoms with Crippen molar-refractivity contribution in [2.24, 2.45) is 0 Å². The van der Waals surface area contributed by atoms with Crippen molar-refractivity contribution in [1.29, 1.82) is 0 Å². The molecule has 0 radical (unpaired) electrons. The summed E-state index contributed by atoms with van der Waals surface area (Å²) in [5, 5.41) is -0.249. The van der Waals surface area contributed by atoms with Gasteiger partial charge in [-0.1, -0.05) is 25.4 Å². The summed E-state index contributed by atoms with van der Waals surface area (Å²) in [6.07, 6.45) is 0.0826. The molecule has 0 saturated heterocycles. The standard InChI is InChI=1S/C11H13ClFNO3S/c1-3-10(15)7-5-11(8(12)6-9(7)13)18(16,17)14-4-2/h5-6,14H,3-4H2,1-2H3. The van der Waals surface area contributed by atoms with E-state index >= 15 is 0 Å². The molecule has 0 aliphatic rings. The molecule has 0 spiro atoms. The smallest absolute Gasteiger partial charge is 0.242 e. The number of Topliss-reactive ketones (excluding diaryl/α,β-unsaturated/α-hetero) is 1. The predicted molar refractivity (Wildman–Crippen MR) is 66.9 cm³/mol. The van der Waals surface area contributed by atoms with Crippen LogP contribution in [0.5, 0.6) is 0 Å². The van der Waals surface area contributed by atoms with Gasteiger partial charge in [-0.25, -0.2) is 17.5 Å². The van der Waals surface area contributed by atoms with Crippen molar-refractivity contribution in [2.75, 3.05) is 6.54 Å². The number of nitrogens with one attached hydrogen (secondary N) is 1. The lowest BCUT2D eigenvalue weighted by Crippen LogP contribution is -2.24. The molecule has 0 heterocycles. The molecular weight excluding hydrogens is 281 g/mol. The second-order valence-corrected chi connectivity index (χ2v) is 5.68. The Labute approximate surface area is 110 Å². The Morgan fingerprint density at radius 3 is 2.50 bits per heavy atom. The van der Waals surface area contributed by atoms with Crippen LogP contribution in [0.1, 0.15) is 30.6 Å². The minimum absolute atomic E-state index is 0.0826. The maximum Gasteiger partial charge on any atom is 0.242 e. The number of benzene rings is 1. The summed E-state index contributed by atoms with van der Waals surface area (Å²) in [5.74, 6) is -1.29. The Hall–Kier alpha value is -0.980. The molecule has 0 atom stereocenters. The monoisotopic (exact) mass is 293 g/mol. The van der Waals surface area contributed by atoms with Crippen molar-refractivity contribution >= 4 is 27.4 Å². The van der Waals surface area contributed by atoms with E-state index in [-0.39, 0.29) is 28.4 Å². The number of ketones is 1. The SMILES string of the molecule is CCNS(=O)(=O)c1cc(C(=O)CC)c(F)cc1Cl. The van der Waals surface area contributed by atoms with Crippen molar-refractivity contribution < 1.29 is 17.6 Å². The van der Waals surface area contributed by atoms with E-state index in [4.69, 9.17) is 11.6 Å². The molecule has 0 aliphatic heterocycles. The Morgan fingerprint density at radius 1 is 1.39 bits per heavy atom.